The quantitative estimate of drug-likeness (QED) is 0.681. The average Bonchev–Trinajstić information content (AvgIpc) is 3.28. The van der Waals surface area contributed by atoms with Crippen LogP contribution >= 0.6 is 0 Å². The maximum Gasteiger partial charge on any atom is 0.231 e. The monoisotopic (exact) mass is 393 g/mol. The summed E-state index contributed by atoms with van der Waals surface area (Å²) in [4.78, 5) is 11.3. The molecule has 3 aromatic rings. The van der Waals surface area contributed by atoms with Crippen molar-refractivity contribution < 1.29 is 14.2 Å². The van der Waals surface area contributed by atoms with Gasteiger partial charge in [0.2, 0.25) is 6.79 Å². The molecule has 150 valence electrons. The van der Waals surface area contributed by atoms with E-state index in [4.69, 9.17) is 19.9 Å². The van der Waals surface area contributed by atoms with E-state index >= 15 is 0 Å². The summed E-state index contributed by atoms with van der Waals surface area (Å²) in [5, 5.41) is 0.903. The molecule has 1 atom stereocenters. The van der Waals surface area contributed by atoms with Crippen LogP contribution in [0.15, 0.2) is 30.7 Å². The molecule has 0 radical (unpaired) electrons. The third kappa shape index (κ3) is 2.99. The van der Waals surface area contributed by atoms with Gasteiger partial charge < -0.3 is 29.4 Å². The van der Waals surface area contributed by atoms with Crippen LogP contribution in [0.25, 0.3) is 22.2 Å². The Labute approximate surface area is 168 Å². The molecule has 2 fully saturated rings. The number of piperidine rings is 1. The Hall–Kier alpha value is -2.84. The number of fused-ring (bicyclic) bond motifs is 2. The summed E-state index contributed by atoms with van der Waals surface area (Å²) >= 11 is 0. The normalized spacial score (nSPS) is 21.7. The van der Waals surface area contributed by atoms with Crippen molar-refractivity contribution in [1.82, 2.24) is 19.4 Å². The zero-order valence-corrected chi connectivity index (χ0v) is 16.1. The smallest absolute Gasteiger partial charge is 0.231 e. The maximum absolute atomic E-state index is 6.29. The van der Waals surface area contributed by atoms with Gasteiger partial charge >= 0.3 is 0 Å². The molecule has 29 heavy (non-hydrogen) atoms. The van der Waals surface area contributed by atoms with E-state index in [1.165, 1.54) is 0 Å². The molecule has 3 aliphatic heterocycles. The number of nitrogens with two attached hydrogens (primary N) is 1. The number of anilines is 1. The van der Waals surface area contributed by atoms with Crippen LogP contribution in [0.1, 0.15) is 18.9 Å². The predicted octanol–water partition coefficient (Wildman–Crippen LogP) is 2.44. The van der Waals surface area contributed by atoms with Gasteiger partial charge in [-0.15, -0.1) is 0 Å². The lowest BCUT2D eigenvalue weighted by Gasteiger charge is -2.32. The fourth-order valence-corrected chi connectivity index (χ4v) is 4.51. The van der Waals surface area contributed by atoms with Crippen LogP contribution in [0.3, 0.4) is 0 Å². The summed E-state index contributed by atoms with van der Waals surface area (Å²) in [6.45, 7) is 4.37. The molecule has 0 aliphatic carbocycles. The second kappa shape index (κ2) is 6.60. The van der Waals surface area contributed by atoms with Crippen molar-refractivity contribution >= 4 is 16.9 Å². The van der Waals surface area contributed by atoms with E-state index in [0.29, 0.717) is 18.0 Å². The van der Waals surface area contributed by atoms with Gasteiger partial charge in [-0.25, -0.2) is 9.97 Å². The van der Waals surface area contributed by atoms with Gasteiger partial charge in [-0.2, -0.15) is 0 Å². The molecule has 0 bridgehead atoms. The molecule has 2 saturated heterocycles. The second-order valence-corrected chi connectivity index (χ2v) is 7.96. The van der Waals surface area contributed by atoms with Crippen molar-refractivity contribution in [2.24, 2.45) is 0 Å². The highest BCUT2D eigenvalue weighted by Crippen LogP contribution is 2.41. The Morgan fingerprint density at radius 2 is 1.93 bits per heavy atom. The fraction of sp³-hybridized carbons (Fsp3) is 0.429. The predicted molar refractivity (Wildman–Crippen MR) is 108 cm³/mol. The average molecular weight is 393 g/mol. The largest absolute Gasteiger partial charge is 0.454 e. The minimum Gasteiger partial charge on any atom is -0.454 e. The minimum absolute atomic E-state index is 0.260. The summed E-state index contributed by atoms with van der Waals surface area (Å²) in [7, 11) is 0. The molecule has 6 rings (SSSR count). The van der Waals surface area contributed by atoms with E-state index in [0.717, 1.165) is 72.7 Å². The SMILES string of the molecule is Nc1ncnc2c1c(-c1ccc3c(c1)OCO3)cn2C1CCN(C[C@@H]2CO2)CC1. The van der Waals surface area contributed by atoms with E-state index in [9.17, 15) is 0 Å². The number of hydrogen-bond donors (Lipinski definition) is 1. The minimum atomic E-state index is 0.260. The molecule has 0 spiro atoms. The third-order valence-electron chi connectivity index (χ3n) is 6.14. The summed E-state index contributed by atoms with van der Waals surface area (Å²) in [5.74, 6) is 2.04. The van der Waals surface area contributed by atoms with E-state index in [2.05, 4.69) is 25.6 Å². The molecule has 2 N–H and O–H groups in total. The van der Waals surface area contributed by atoms with Crippen LogP contribution in [0, 0.1) is 0 Å². The van der Waals surface area contributed by atoms with Crippen molar-refractivity contribution in [3.8, 4) is 22.6 Å². The van der Waals surface area contributed by atoms with Gasteiger partial charge in [0.15, 0.2) is 11.5 Å². The standard InChI is InChI=1S/C21H23N5O3/c22-20-19-16(13-1-2-17-18(7-13)29-12-28-17)9-26(21(19)24-11-23-20)14-3-5-25(6-4-14)8-15-10-27-15/h1-2,7,9,11,14-15H,3-6,8,10,12H2,(H2,22,23,24)/t15-/m1/s1. The number of rotatable bonds is 4. The van der Waals surface area contributed by atoms with E-state index in [1.54, 1.807) is 6.33 Å². The first-order valence-electron chi connectivity index (χ1n) is 10.1. The Balaban J connectivity index is 1.37. The van der Waals surface area contributed by atoms with Crippen LogP contribution < -0.4 is 15.2 Å². The Bertz CT molecular complexity index is 1070. The molecule has 3 aliphatic rings. The lowest BCUT2D eigenvalue weighted by Crippen LogP contribution is -2.36. The van der Waals surface area contributed by atoms with Crippen LogP contribution in [0.5, 0.6) is 11.5 Å². The first-order chi connectivity index (χ1) is 14.3. The molecule has 2 aromatic heterocycles. The summed E-state index contributed by atoms with van der Waals surface area (Å²) < 4.78 is 18.7. The molecule has 0 saturated carbocycles. The first-order valence-corrected chi connectivity index (χ1v) is 10.1. The van der Waals surface area contributed by atoms with Crippen molar-refractivity contribution in [1.29, 1.82) is 0 Å². The molecule has 1 aromatic carbocycles. The Kier molecular flexibility index (Phi) is 3.88. The number of likely N-dealkylation sites (tertiary alicyclic amines) is 1. The summed E-state index contributed by atoms with van der Waals surface area (Å²) in [5.41, 5.74) is 9.25. The zero-order valence-electron chi connectivity index (χ0n) is 16.1. The highest BCUT2D eigenvalue weighted by molar-refractivity contribution is 6.01. The lowest BCUT2D eigenvalue weighted by molar-refractivity contribution is 0.174. The number of aromatic nitrogens is 3. The number of hydrogen-bond acceptors (Lipinski definition) is 7. The van der Waals surface area contributed by atoms with Gasteiger partial charge in [0.25, 0.3) is 0 Å². The van der Waals surface area contributed by atoms with Gasteiger partial charge in [0.1, 0.15) is 17.8 Å². The van der Waals surface area contributed by atoms with Crippen LogP contribution in [-0.2, 0) is 4.74 Å². The number of nitrogens with zero attached hydrogens (tertiary/aromatic N) is 4. The lowest BCUT2D eigenvalue weighted by atomic mass is 10.0. The maximum atomic E-state index is 6.29. The summed E-state index contributed by atoms with van der Waals surface area (Å²) in [6.07, 6.45) is 6.35. The molecular weight excluding hydrogens is 370 g/mol. The van der Waals surface area contributed by atoms with Crippen molar-refractivity contribution in [2.75, 3.05) is 38.8 Å². The number of ether oxygens (including phenoxy) is 3. The van der Waals surface area contributed by atoms with Crippen molar-refractivity contribution in [3.63, 3.8) is 0 Å². The highest BCUT2D eigenvalue weighted by atomic mass is 16.7. The molecule has 8 heteroatoms. The van der Waals surface area contributed by atoms with Crippen LogP contribution in [0.2, 0.25) is 0 Å². The van der Waals surface area contributed by atoms with Crippen LogP contribution in [-0.4, -0.2) is 58.6 Å². The second-order valence-electron chi connectivity index (χ2n) is 7.96. The number of epoxide rings is 1. The Morgan fingerprint density at radius 3 is 2.76 bits per heavy atom. The third-order valence-corrected chi connectivity index (χ3v) is 6.14. The first kappa shape index (κ1) is 17.1. The Morgan fingerprint density at radius 1 is 1.10 bits per heavy atom. The number of nitrogen functional groups attached to an aromatic ring is 1. The van der Waals surface area contributed by atoms with Gasteiger partial charge in [-0.1, -0.05) is 6.07 Å². The van der Waals surface area contributed by atoms with E-state index in [-0.39, 0.29) is 6.79 Å². The summed E-state index contributed by atoms with van der Waals surface area (Å²) in [6, 6.07) is 6.38. The molecular formula is C21H23N5O3. The van der Waals surface area contributed by atoms with E-state index in [1.807, 2.05) is 18.2 Å². The van der Waals surface area contributed by atoms with Gasteiger partial charge in [0, 0.05) is 37.4 Å². The highest BCUT2D eigenvalue weighted by Gasteiger charge is 2.29. The van der Waals surface area contributed by atoms with Gasteiger partial charge in [-0.05, 0) is 30.5 Å². The topological polar surface area (TPSA) is 91.0 Å². The molecule has 8 nitrogen and oxygen atoms in total. The zero-order chi connectivity index (χ0) is 19.4. The van der Waals surface area contributed by atoms with Crippen molar-refractivity contribution in [2.45, 2.75) is 25.0 Å². The fourth-order valence-electron chi connectivity index (χ4n) is 4.51. The molecule has 0 unspecified atom stereocenters. The van der Waals surface area contributed by atoms with Crippen LogP contribution in [0.4, 0.5) is 5.82 Å². The van der Waals surface area contributed by atoms with Crippen molar-refractivity contribution in [3.05, 3.63) is 30.7 Å². The molecule has 0 amide bonds. The molecule has 5 heterocycles. The number of benzene rings is 1. The van der Waals surface area contributed by atoms with Gasteiger partial charge in [-0.3, -0.25) is 0 Å². The van der Waals surface area contributed by atoms with E-state index < -0.39 is 0 Å². The van der Waals surface area contributed by atoms with Gasteiger partial charge in [0.05, 0.1) is 18.1 Å².